The lowest BCUT2D eigenvalue weighted by Crippen LogP contribution is -2.15. The van der Waals surface area contributed by atoms with Gasteiger partial charge in [-0.05, 0) is 31.2 Å². The Morgan fingerprint density at radius 3 is 2.63 bits per heavy atom. The van der Waals surface area contributed by atoms with Crippen LogP contribution < -0.4 is 5.32 Å². The van der Waals surface area contributed by atoms with Gasteiger partial charge in [-0.1, -0.05) is 0 Å². The molecule has 0 aliphatic rings. The molecule has 6 nitrogen and oxygen atoms in total. The third kappa shape index (κ3) is 2.92. The lowest BCUT2D eigenvalue weighted by atomic mass is 10.2. The molecule has 0 aliphatic carbocycles. The number of hydrogen-bond donors (Lipinski definition) is 2. The molecule has 0 saturated heterocycles. The SMILES string of the molecule is Cc1ccc(C(=O)Nc2cccnc2C(=O)O)cn1. The van der Waals surface area contributed by atoms with Crippen LogP contribution in [0, 0.1) is 6.92 Å². The van der Waals surface area contributed by atoms with Gasteiger partial charge in [-0.3, -0.25) is 9.78 Å². The summed E-state index contributed by atoms with van der Waals surface area (Å²) in [6, 6.07) is 6.36. The lowest BCUT2D eigenvalue weighted by Gasteiger charge is -2.07. The minimum absolute atomic E-state index is 0.153. The Balaban J connectivity index is 2.24. The van der Waals surface area contributed by atoms with Crippen molar-refractivity contribution in [1.82, 2.24) is 9.97 Å². The molecule has 0 unspecified atom stereocenters. The van der Waals surface area contributed by atoms with Crippen molar-refractivity contribution in [1.29, 1.82) is 0 Å². The number of carboxylic acids is 1. The molecule has 0 spiro atoms. The summed E-state index contributed by atoms with van der Waals surface area (Å²) in [5, 5.41) is 11.5. The predicted octanol–water partition coefficient (Wildman–Crippen LogP) is 1.74. The average Bonchev–Trinajstić information content (AvgIpc) is 2.39. The van der Waals surface area contributed by atoms with Crippen molar-refractivity contribution in [3.8, 4) is 0 Å². The summed E-state index contributed by atoms with van der Waals surface area (Å²) in [6.45, 7) is 1.81. The zero-order chi connectivity index (χ0) is 13.8. The number of aromatic carboxylic acids is 1. The number of carbonyl (C=O) groups is 2. The monoisotopic (exact) mass is 257 g/mol. The van der Waals surface area contributed by atoms with E-state index in [1.165, 1.54) is 18.5 Å². The maximum absolute atomic E-state index is 11.9. The van der Waals surface area contributed by atoms with E-state index in [4.69, 9.17) is 5.11 Å². The van der Waals surface area contributed by atoms with Crippen molar-refractivity contribution in [3.63, 3.8) is 0 Å². The third-order valence-electron chi connectivity index (χ3n) is 2.43. The van der Waals surface area contributed by atoms with Gasteiger partial charge in [0.2, 0.25) is 0 Å². The molecular formula is C13H11N3O3. The second-order valence-corrected chi connectivity index (χ2v) is 3.85. The van der Waals surface area contributed by atoms with E-state index in [2.05, 4.69) is 15.3 Å². The van der Waals surface area contributed by atoms with E-state index < -0.39 is 11.9 Å². The molecule has 19 heavy (non-hydrogen) atoms. The number of anilines is 1. The number of carboxylic acid groups (broad SMARTS) is 1. The number of hydrogen-bond acceptors (Lipinski definition) is 4. The fraction of sp³-hybridized carbons (Fsp3) is 0.0769. The highest BCUT2D eigenvalue weighted by molar-refractivity contribution is 6.06. The van der Waals surface area contributed by atoms with Gasteiger partial charge in [0.15, 0.2) is 5.69 Å². The van der Waals surface area contributed by atoms with Crippen molar-refractivity contribution >= 4 is 17.6 Å². The molecule has 2 rings (SSSR count). The molecule has 2 heterocycles. The molecule has 2 aromatic heterocycles. The Hall–Kier alpha value is -2.76. The van der Waals surface area contributed by atoms with Gasteiger partial charge in [0, 0.05) is 18.1 Å². The Morgan fingerprint density at radius 1 is 1.21 bits per heavy atom. The molecule has 0 aliphatic heterocycles. The number of nitrogens with zero attached hydrogens (tertiary/aromatic N) is 2. The van der Waals surface area contributed by atoms with Gasteiger partial charge >= 0.3 is 5.97 Å². The highest BCUT2D eigenvalue weighted by Crippen LogP contribution is 2.13. The number of rotatable bonds is 3. The van der Waals surface area contributed by atoms with Crippen LogP contribution >= 0.6 is 0 Å². The van der Waals surface area contributed by atoms with Gasteiger partial charge in [0.05, 0.1) is 11.3 Å². The molecule has 1 amide bonds. The minimum Gasteiger partial charge on any atom is -0.476 e. The molecule has 0 radical (unpaired) electrons. The van der Waals surface area contributed by atoms with Crippen LogP contribution in [0.25, 0.3) is 0 Å². The number of aromatic nitrogens is 2. The zero-order valence-electron chi connectivity index (χ0n) is 10.1. The first-order valence-corrected chi connectivity index (χ1v) is 5.50. The summed E-state index contributed by atoms with van der Waals surface area (Å²) in [5.41, 5.74) is 1.10. The zero-order valence-corrected chi connectivity index (χ0v) is 10.1. The normalized spacial score (nSPS) is 9.95. The molecular weight excluding hydrogens is 246 g/mol. The summed E-state index contributed by atoms with van der Waals surface area (Å²) >= 11 is 0. The largest absolute Gasteiger partial charge is 0.476 e. The van der Waals surface area contributed by atoms with Crippen molar-refractivity contribution < 1.29 is 14.7 Å². The first-order valence-electron chi connectivity index (χ1n) is 5.50. The van der Waals surface area contributed by atoms with Crippen LogP contribution in [-0.2, 0) is 0 Å². The van der Waals surface area contributed by atoms with E-state index in [0.29, 0.717) is 5.56 Å². The molecule has 0 bridgehead atoms. The van der Waals surface area contributed by atoms with Crippen LogP contribution in [0.2, 0.25) is 0 Å². The Labute approximate surface area is 109 Å². The van der Waals surface area contributed by atoms with Crippen LogP contribution in [0.3, 0.4) is 0 Å². The molecule has 0 aromatic carbocycles. The van der Waals surface area contributed by atoms with Crippen molar-refractivity contribution in [2.75, 3.05) is 5.32 Å². The molecule has 2 N–H and O–H groups in total. The van der Waals surface area contributed by atoms with Gasteiger partial charge in [0.25, 0.3) is 5.91 Å². The number of carbonyl (C=O) groups excluding carboxylic acids is 1. The number of nitrogens with one attached hydrogen (secondary N) is 1. The first-order chi connectivity index (χ1) is 9.08. The van der Waals surface area contributed by atoms with Crippen LogP contribution in [0.4, 0.5) is 5.69 Å². The smallest absolute Gasteiger partial charge is 0.356 e. The quantitative estimate of drug-likeness (QED) is 0.873. The van der Waals surface area contributed by atoms with Gasteiger partial charge in [-0.2, -0.15) is 0 Å². The van der Waals surface area contributed by atoms with Gasteiger partial charge in [-0.15, -0.1) is 0 Å². The fourth-order valence-electron chi connectivity index (χ4n) is 1.47. The Bertz CT molecular complexity index is 623. The van der Waals surface area contributed by atoms with Crippen molar-refractivity contribution in [2.45, 2.75) is 6.92 Å². The number of aryl methyl sites for hydroxylation is 1. The van der Waals surface area contributed by atoms with Crippen molar-refractivity contribution in [3.05, 3.63) is 53.6 Å². The molecule has 0 fully saturated rings. The van der Waals surface area contributed by atoms with Crippen LogP contribution in [0.1, 0.15) is 26.5 Å². The summed E-state index contributed by atoms with van der Waals surface area (Å²) in [4.78, 5) is 30.6. The lowest BCUT2D eigenvalue weighted by molar-refractivity contribution is 0.0692. The summed E-state index contributed by atoms with van der Waals surface area (Å²) in [5.74, 6) is -1.62. The highest BCUT2D eigenvalue weighted by Gasteiger charge is 2.14. The maximum Gasteiger partial charge on any atom is 0.356 e. The highest BCUT2D eigenvalue weighted by atomic mass is 16.4. The molecule has 0 saturated carbocycles. The van der Waals surface area contributed by atoms with Gasteiger partial charge < -0.3 is 10.4 Å². The second kappa shape index (κ2) is 5.26. The van der Waals surface area contributed by atoms with Crippen LogP contribution in [0.5, 0.6) is 0 Å². The van der Waals surface area contributed by atoms with E-state index >= 15 is 0 Å². The summed E-state index contributed by atoms with van der Waals surface area (Å²) in [7, 11) is 0. The third-order valence-corrected chi connectivity index (χ3v) is 2.43. The molecule has 0 atom stereocenters. The van der Waals surface area contributed by atoms with Crippen LogP contribution in [-0.4, -0.2) is 27.0 Å². The standard InChI is InChI=1S/C13H11N3O3/c1-8-4-5-9(7-15-8)12(17)16-10-3-2-6-14-11(10)13(18)19/h2-7H,1H3,(H,16,17)(H,18,19). The predicted molar refractivity (Wildman–Crippen MR) is 68.1 cm³/mol. The van der Waals surface area contributed by atoms with Crippen molar-refractivity contribution in [2.24, 2.45) is 0 Å². The van der Waals surface area contributed by atoms with E-state index in [9.17, 15) is 9.59 Å². The van der Waals surface area contributed by atoms with E-state index in [0.717, 1.165) is 5.69 Å². The Morgan fingerprint density at radius 2 is 2.00 bits per heavy atom. The minimum atomic E-state index is -1.20. The second-order valence-electron chi connectivity index (χ2n) is 3.85. The summed E-state index contributed by atoms with van der Waals surface area (Å²) in [6.07, 6.45) is 2.79. The fourth-order valence-corrected chi connectivity index (χ4v) is 1.47. The molecule has 2 aromatic rings. The maximum atomic E-state index is 11.9. The molecule has 96 valence electrons. The van der Waals surface area contributed by atoms with Crippen LogP contribution in [0.15, 0.2) is 36.7 Å². The molecule has 6 heteroatoms. The van der Waals surface area contributed by atoms with Gasteiger partial charge in [-0.25, -0.2) is 9.78 Å². The van der Waals surface area contributed by atoms with Gasteiger partial charge in [0.1, 0.15) is 0 Å². The topological polar surface area (TPSA) is 92.2 Å². The number of pyridine rings is 2. The Kier molecular flexibility index (Phi) is 3.51. The summed E-state index contributed by atoms with van der Waals surface area (Å²) < 4.78 is 0. The van der Waals surface area contributed by atoms with E-state index in [-0.39, 0.29) is 11.4 Å². The first kappa shape index (κ1) is 12.7. The number of amides is 1. The van der Waals surface area contributed by atoms with E-state index in [1.807, 2.05) is 6.92 Å². The van der Waals surface area contributed by atoms with E-state index in [1.54, 1.807) is 18.2 Å². The average molecular weight is 257 g/mol.